The van der Waals surface area contributed by atoms with E-state index in [1.54, 1.807) is 0 Å². The van der Waals surface area contributed by atoms with Gasteiger partial charge in [-0.05, 0) is 41.8 Å². The molecule has 0 nitrogen and oxygen atoms in total. The van der Waals surface area contributed by atoms with Gasteiger partial charge in [0.05, 0.1) is 0 Å². The molecule has 0 aliphatic rings. The van der Waals surface area contributed by atoms with Gasteiger partial charge in [0.15, 0.2) is 0 Å². The predicted octanol–water partition coefficient (Wildman–Crippen LogP) is 6.11. The topological polar surface area (TPSA) is 0 Å². The molecule has 0 unspecified atom stereocenters. The predicted molar refractivity (Wildman–Crippen MR) is 85.6 cm³/mol. The second kappa shape index (κ2) is 7.18. The summed E-state index contributed by atoms with van der Waals surface area (Å²) in [4.78, 5) is 0. The maximum absolute atomic E-state index is 5.83. The van der Waals surface area contributed by atoms with Crippen molar-refractivity contribution in [3.63, 3.8) is 0 Å². The Kier molecular flexibility index (Phi) is 5.26. The van der Waals surface area contributed by atoms with Crippen molar-refractivity contribution in [3.8, 4) is 0 Å². The van der Waals surface area contributed by atoms with Crippen molar-refractivity contribution in [3.05, 3.63) is 81.9 Å². The molecule has 0 radical (unpaired) electrons. The van der Waals surface area contributed by atoms with Crippen molar-refractivity contribution in [2.45, 2.75) is 6.42 Å². The summed E-state index contributed by atoms with van der Waals surface area (Å²) in [5.41, 5.74) is 2.31. The van der Waals surface area contributed by atoms with Crippen LogP contribution in [0, 0.1) is 0 Å². The van der Waals surface area contributed by atoms with Gasteiger partial charge in [0.2, 0.25) is 0 Å². The first-order chi connectivity index (χ1) is 9.24. The van der Waals surface area contributed by atoms with E-state index < -0.39 is 0 Å². The molecule has 0 N–H and O–H groups in total. The molecule has 19 heavy (non-hydrogen) atoms. The summed E-state index contributed by atoms with van der Waals surface area (Å²) in [6, 6.07) is 15.6. The van der Waals surface area contributed by atoms with E-state index in [1.165, 1.54) is 0 Å². The van der Waals surface area contributed by atoms with Gasteiger partial charge in [-0.15, -0.1) is 0 Å². The Morgan fingerprint density at radius 2 is 1.00 bits per heavy atom. The lowest BCUT2D eigenvalue weighted by atomic mass is 10.1. The molecule has 96 valence electrons. The Morgan fingerprint density at radius 3 is 1.37 bits per heavy atom. The Bertz CT molecular complexity index is 510. The lowest BCUT2D eigenvalue weighted by Crippen LogP contribution is -1.71. The van der Waals surface area contributed by atoms with Crippen molar-refractivity contribution >= 4 is 35.4 Å². The van der Waals surface area contributed by atoms with Gasteiger partial charge in [-0.25, -0.2) is 0 Å². The van der Waals surface area contributed by atoms with E-state index in [1.807, 2.05) is 48.5 Å². The second-order valence-corrected chi connectivity index (χ2v) is 5.02. The van der Waals surface area contributed by atoms with E-state index >= 15 is 0 Å². The molecule has 0 bridgehead atoms. The van der Waals surface area contributed by atoms with Crippen LogP contribution in [0.3, 0.4) is 0 Å². The number of halogens is 2. The molecule has 0 aliphatic heterocycles. The monoisotopic (exact) mass is 288 g/mol. The third-order valence-electron chi connectivity index (χ3n) is 2.63. The summed E-state index contributed by atoms with van der Waals surface area (Å²) in [6.45, 7) is 0. The minimum Gasteiger partial charge on any atom is -0.0843 e. The fourth-order valence-electron chi connectivity index (χ4n) is 1.63. The molecule has 0 aliphatic carbocycles. The maximum atomic E-state index is 5.83. The summed E-state index contributed by atoms with van der Waals surface area (Å²) in [5.74, 6) is 0. The molecular formula is C17H14Cl2. The zero-order valence-corrected chi connectivity index (χ0v) is 11.9. The number of hydrogen-bond donors (Lipinski definition) is 0. The summed E-state index contributed by atoms with van der Waals surface area (Å²) in [7, 11) is 0. The van der Waals surface area contributed by atoms with E-state index in [9.17, 15) is 0 Å². The van der Waals surface area contributed by atoms with Crippen molar-refractivity contribution in [1.29, 1.82) is 0 Å². The van der Waals surface area contributed by atoms with Gasteiger partial charge < -0.3 is 0 Å². The Morgan fingerprint density at radius 1 is 0.632 bits per heavy atom. The van der Waals surface area contributed by atoms with Gasteiger partial charge in [0.1, 0.15) is 0 Å². The average molecular weight is 289 g/mol. The summed E-state index contributed by atoms with van der Waals surface area (Å²) >= 11 is 11.7. The van der Waals surface area contributed by atoms with E-state index in [2.05, 4.69) is 24.3 Å². The smallest absolute Gasteiger partial charge is 0.0406 e. The highest BCUT2D eigenvalue weighted by Crippen LogP contribution is 2.12. The van der Waals surface area contributed by atoms with Crippen LogP contribution < -0.4 is 0 Å². The fourth-order valence-corrected chi connectivity index (χ4v) is 1.89. The highest BCUT2D eigenvalue weighted by atomic mass is 35.5. The lowest BCUT2D eigenvalue weighted by Gasteiger charge is -1.93. The molecule has 0 amide bonds. The van der Waals surface area contributed by atoms with Gasteiger partial charge in [0.25, 0.3) is 0 Å². The van der Waals surface area contributed by atoms with Crippen molar-refractivity contribution in [2.24, 2.45) is 0 Å². The first-order valence-corrected chi connectivity index (χ1v) is 6.84. The van der Waals surface area contributed by atoms with E-state index in [4.69, 9.17) is 23.2 Å². The first-order valence-electron chi connectivity index (χ1n) is 6.08. The molecule has 0 aromatic heterocycles. The second-order valence-electron chi connectivity index (χ2n) is 4.14. The van der Waals surface area contributed by atoms with Crippen LogP contribution in [0.15, 0.2) is 60.7 Å². The fraction of sp³-hybridized carbons (Fsp3) is 0.0588. The van der Waals surface area contributed by atoms with Gasteiger partial charge in [0, 0.05) is 10.0 Å². The van der Waals surface area contributed by atoms with Crippen LogP contribution in [0.1, 0.15) is 17.5 Å². The largest absolute Gasteiger partial charge is 0.0843 e. The van der Waals surface area contributed by atoms with Crippen LogP contribution in [0.25, 0.3) is 12.2 Å². The quantitative estimate of drug-likeness (QED) is 0.637. The standard InChI is InChI=1S/C17H14Cl2/c18-16-10-6-14(7-11-16)4-2-1-3-5-15-8-12-17(19)13-9-15/h2-13H,1H2. The van der Waals surface area contributed by atoms with E-state index in [0.717, 1.165) is 27.6 Å². The number of allylic oxidation sites excluding steroid dienone is 2. The summed E-state index contributed by atoms with van der Waals surface area (Å²) in [6.07, 6.45) is 9.31. The van der Waals surface area contributed by atoms with Crippen molar-refractivity contribution in [1.82, 2.24) is 0 Å². The van der Waals surface area contributed by atoms with Crippen LogP contribution in [0.2, 0.25) is 10.0 Å². The Labute approximate surface area is 124 Å². The van der Waals surface area contributed by atoms with Crippen LogP contribution >= 0.6 is 23.2 Å². The zero-order valence-electron chi connectivity index (χ0n) is 10.4. The van der Waals surface area contributed by atoms with Gasteiger partial charge >= 0.3 is 0 Å². The lowest BCUT2D eigenvalue weighted by molar-refractivity contribution is 1.42. The van der Waals surface area contributed by atoms with Crippen LogP contribution in [0.4, 0.5) is 0 Å². The molecule has 0 heterocycles. The number of hydrogen-bond acceptors (Lipinski definition) is 0. The molecule has 2 aromatic rings. The third kappa shape index (κ3) is 4.94. The SMILES string of the molecule is Clc1ccc(C=CCC=Cc2ccc(Cl)cc2)cc1. The van der Waals surface area contributed by atoms with Crippen LogP contribution in [-0.2, 0) is 0 Å². The normalized spacial score (nSPS) is 11.5. The summed E-state index contributed by atoms with van der Waals surface area (Å²) in [5, 5.41) is 1.53. The van der Waals surface area contributed by atoms with Crippen LogP contribution in [0.5, 0.6) is 0 Å². The Balaban J connectivity index is 1.86. The van der Waals surface area contributed by atoms with Gasteiger partial charge in [-0.3, -0.25) is 0 Å². The average Bonchev–Trinajstić information content (AvgIpc) is 2.43. The zero-order chi connectivity index (χ0) is 13.5. The molecule has 0 fully saturated rings. The van der Waals surface area contributed by atoms with Crippen molar-refractivity contribution < 1.29 is 0 Å². The Hall–Kier alpha value is -1.50. The molecule has 0 atom stereocenters. The third-order valence-corrected chi connectivity index (χ3v) is 3.14. The van der Waals surface area contributed by atoms with Gasteiger partial charge in [-0.1, -0.05) is 71.8 Å². The van der Waals surface area contributed by atoms with Crippen LogP contribution in [-0.4, -0.2) is 0 Å². The number of rotatable bonds is 4. The molecule has 0 saturated carbocycles. The summed E-state index contributed by atoms with van der Waals surface area (Å²) < 4.78 is 0. The van der Waals surface area contributed by atoms with E-state index in [0.29, 0.717) is 0 Å². The molecular weight excluding hydrogens is 275 g/mol. The minimum atomic E-state index is 0.764. The first kappa shape index (κ1) is 13.9. The van der Waals surface area contributed by atoms with E-state index in [-0.39, 0.29) is 0 Å². The highest BCUT2D eigenvalue weighted by molar-refractivity contribution is 6.30. The van der Waals surface area contributed by atoms with Crippen molar-refractivity contribution in [2.75, 3.05) is 0 Å². The molecule has 2 heteroatoms. The molecule has 0 spiro atoms. The minimum absolute atomic E-state index is 0.764. The maximum Gasteiger partial charge on any atom is 0.0406 e. The molecule has 0 saturated heterocycles. The number of benzene rings is 2. The molecule has 2 rings (SSSR count). The van der Waals surface area contributed by atoms with Gasteiger partial charge in [-0.2, -0.15) is 0 Å². The highest BCUT2D eigenvalue weighted by Gasteiger charge is 1.88. The molecule has 2 aromatic carbocycles.